The molecular weight excluding hydrogens is 388 g/mol. The van der Waals surface area contributed by atoms with E-state index in [2.05, 4.69) is 60.9 Å². The summed E-state index contributed by atoms with van der Waals surface area (Å²) in [5.41, 5.74) is 2.41. The molecule has 1 saturated heterocycles. The lowest BCUT2D eigenvalue weighted by Crippen LogP contribution is -2.39. The zero-order valence-electron chi connectivity index (χ0n) is 19.8. The number of ether oxygens (including phenoxy) is 1. The molecule has 1 aromatic carbocycles. The molecule has 31 heavy (non-hydrogen) atoms. The van der Waals surface area contributed by atoms with Crippen molar-refractivity contribution in [3.63, 3.8) is 0 Å². The van der Waals surface area contributed by atoms with Crippen LogP contribution in [0.3, 0.4) is 0 Å². The van der Waals surface area contributed by atoms with Gasteiger partial charge in [-0.05, 0) is 65.1 Å². The van der Waals surface area contributed by atoms with Gasteiger partial charge in [-0.2, -0.15) is 5.10 Å². The fourth-order valence-electron chi connectivity index (χ4n) is 4.77. The number of carbonyl (C=O) groups is 1. The average Bonchev–Trinajstić information content (AvgIpc) is 3.09. The van der Waals surface area contributed by atoms with E-state index in [0.717, 1.165) is 48.1 Å². The summed E-state index contributed by atoms with van der Waals surface area (Å²) in [4.78, 5) is 17.1. The third-order valence-electron chi connectivity index (χ3n) is 6.34. The number of nitrogens with zero attached hydrogens (tertiary/aromatic N) is 4. The number of allylic oxidation sites excluding steroid dienone is 1. The normalized spacial score (nSPS) is 25.5. The van der Waals surface area contributed by atoms with E-state index in [1.807, 2.05) is 20.8 Å². The number of benzene rings is 1. The highest BCUT2D eigenvalue weighted by molar-refractivity contribution is 5.87. The first kappa shape index (κ1) is 21.9. The Kier molecular flexibility index (Phi) is 5.86. The summed E-state index contributed by atoms with van der Waals surface area (Å²) in [7, 11) is 2.19. The van der Waals surface area contributed by atoms with Crippen molar-refractivity contribution in [2.24, 2.45) is 11.8 Å². The van der Waals surface area contributed by atoms with Crippen molar-refractivity contribution < 1.29 is 9.53 Å². The van der Waals surface area contributed by atoms with Crippen LogP contribution in [-0.2, 0) is 4.74 Å². The maximum absolute atomic E-state index is 12.9. The van der Waals surface area contributed by atoms with Crippen molar-refractivity contribution in [2.45, 2.75) is 59.1 Å². The minimum atomic E-state index is -0.517. The number of amides is 1. The van der Waals surface area contributed by atoms with E-state index >= 15 is 0 Å². The molecule has 0 saturated carbocycles. The van der Waals surface area contributed by atoms with Crippen LogP contribution in [0.4, 0.5) is 4.79 Å². The summed E-state index contributed by atoms with van der Waals surface area (Å²) in [6.45, 7) is 13.1. The molecule has 1 unspecified atom stereocenters. The molecule has 3 atom stereocenters. The van der Waals surface area contributed by atoms with Gasteiger partial charge in [0.05, 0.1) is 17.3 Å². The van der Waals surface area contributed by atoms with Crippen molar-refractivity contribution in [1.82, 2.24) is 19.6 Å². The van der Waals surface area contributed by atoms with E-state index < -0.39 is 5.60 Å². The molecule has 0 radical (unpaired) electrons. The SMILES string of the molecule is C[C@H]1CC=C(c2ccc3cn(C4CCN(C)C[C@H]4C)nc3c2)N(C(=O)OC(C)(C)C)C1. The van der Waals surface area contributed by atoms with E-state index in [1.54, 1.807) is 4.90 Å². The first-order valence-electron chi connectivity index (χ1n) is 11.5. The highest BCUT2D eigenvalue weighted by Crippen LogP contribution is 2.32. The smallest absolute Gasteiger partial charge is 0.414 e. The molecule has 3 heterocycles. The van der Waals surface area contributed by atoms with Crippen molar-refractivity contribution in [3.8, 4) is 0 Å². The lowest BCUT2D eigenvalue weighted by atomic mass is 9.94. The minimum Gasteiger partial charge on any atom is -0.443 e. The minimum absolute atomic E-state index is 0.281. The van der Waals surface area contributed by atoms with Crippen LogP contribution in [0.25, 0.3) is 16.6 Å². The molecule has 0 aliphatic carbocycles. The van der Waals surface area contributed by atoms with Gasteiger partial charge in [0.1, 0.15) is 5.60 Å². The molecule has 6 nitrogen and oxygen atoms in total. The molecule has 6 heteroatoms. The topological polar surface area (TPSA) is 50.6 Å². The number of hydrogen-bond acceptors (Lipinski definition) is 4. The summed E-state index contributed by atoms with van der Waals surface area (Å²) in [5.74, 6) is 0.975. The number of piperidine rings is 1. The van der Waals surface area contributed by atoms with Gasteiger partial charge in [-0.3, -0.25) is 9.58 Å². The summed E-state index contributed by atoms with van der Waals surface area (Å²) in [6, 6.07) is 6.77. The fraction of sp³-hybridized carbons (Fsp3) is 0.600. The van der Waals surface area contributed by atoms with Gasteiger partial charge >= 0.3 is 6.09 Å². The number of aromatic nitrogens is 2. The number of likely N-dealkylation sites (tertiary alicyclic amines) is 1. The van der Waals surface area contributed by atoms with E-state index in [9.17, 15) is 4.79 Å². The molecule has 2 aliphatic heterocycles. The Morgan fingerprint density at radius 1 is 1.19 bits per heavy atom. The third-order valence-corrected chi connectivity index (χ3v) is 6.34. The van der Waals surface area contributed by atoms with Gasteiger partial charge in [0.15, 0.2) is 0 Å². The molecule has 1 fully saturated rings. The van der Waals surface area contributed by atoms with Crippen LogP contribution in [-0.4, -0.2) is 58.0 Å². The molecule has 0 spiro atoms. The van der Waals surface area contributed by atoms with Crippen molar-refractivity contribution in [1.29, 1.82) is 0 Å². The molecular formula is C25H36N4O2. The Labute approximate surface area is 185 Å². The van der Waals surface area contributed by atoms with Gasteiger partial charge in [-0.25, -0.2) is 4.79 Å². The van der Waals surface area contributed by atoms with E-state index in [0.29, 0.717) is 24.4 Å². The van der Waals surface area contributed by atoms with Crippen LogP contribution in [0, 0.1) is 11.8 Å². The second-order valence-corrected chi connectivity index (χ2v) is 10.5. The number of hydrogen-bond donors (Lipinski definition) is 0. The first-order valence-corrected chi connectivity index (χ1v) is 11.5. The third kappa shape index (κ3) is 4.79. The van der Waals surface area contributed by atoms with Crippen molar-refractivity contribution in [2.75, 3.05) is 26.7 Å². The molecule has 0 N–H and O–H groups in total. The lowest BCUT2D eigenvalue weighted by Gasteiger charge is -2.34. The summed E-state index contributed by atoms with van der Waals surface area (Å²) >= 11 is 0. The molecule has 0 bridgehead atoms. The van der Waals surface area contributed by atoms with Gasteiger partial charge < -0.3 is 9.64 Å². The standard InChI is InChI=1S/C25H36N4O2/c1-17-7-10-23(28(14-17)24(30)31-25(3,4)5)19-8-9-20-16-29(26-21(20)13-19)22-11-12-27(6)15-18(22)2/h8-10,13,16-18,22H,7,11-12,14-15H2,1-6H3/t17-,18+,22?/m0/s1. The largest absolute Gasteiger partial charge is 0.443 e. The van der Waals surface area contributed by atoms with E-state index in [-0.39, 0.29) is 6.09 Å². The molecule has 2 aromatic rings. The van der Waals surface area contributed by atoms with Crippen LogP contribution in [0.1, 0.15) is 59.1 Å². The number of rotatable bonds is 2. The molecule has 1 aromatic heterocycles. The van der Waals surface area contributed by atoms with Crippen LogP contribution in [0.5, 0.6) is 0 Å². The quantitative estimate of drug-likeness (QED) is 0.668. The zero-order valence-corrected chi connectivity index (χ0v) is 19.8. The molecule has 4 rings (SSSR count). The monoisotopic (exact) mass is 424 g/mol. The maximum Gasteiger partial charge on any atom is 0.414 e. The van der Waals surface area contributed by atoms with Gasteiger partial charge in [-0.15, -0.1) is 0 Å². The second-order valence-electron chi connectivity index (χ2n) is 10.5. The van der Waals surface area contributed by atoms with Crippen LogP contribution in [0.15, 0.2) is 30.5 Å². The average molecular weight is 425 g/mol. The van der Waals surface area contributed by atoms with E-state index in [1.165, 1.54) is 0 Å². The highest BCUT2D eigenvalue weighted by atomic mass is 16.6. The lowest BCUT2D eigenvalue weighted by molar-refractivity contribution is 0.0327. The highest BCUT2D eigenvalue weighted by Gasteiger charge is 2.30. The number of fused-ring (bicyclic) bond motifs is 1. The van der Waals surface area contributed by atoms with Gasteiger partial charge in [0, 0.05) is 30.2 Å². The van der Waals surface area contributed by atoms with Gasteiger partial charge in [0.2, 0.25) is 0 Å². The second kappa shape index (κ2) is 8.30. The Balaban J connectivity index is 1.63. The Morgan fingerprint density at radius 2 is 1.97 bits per heavy atom. The Bertz CT molecular complexity index is 987. The predicted molar refractivity (Wildman–Crippen MR) is 125 cm³/mol. The Morgan fingerprint density at radius 3 is 2.68 bits per heavy atom. The molecule has 168 valence electrons. The van der Waals surface area contributed by atoms with Crippen LogP contribution >= 0.6 is 0 Å². The first-order chi connectivity index (χ1) is 14.6. The van der Waals surface area contributed by atoms with Crippen LogP contribution in [0.2, 0.25) is 0 Å². The summed E-state index contributed by atoms with van der Waals surface area (Å²) in [6.07, 6.45) is 6.13. The fourth-order valence-corrected chi connectivity index (χ4v) is 4.77. The zero-order chi connectivity index (χ0) is 22.3. The van der Waals surface area contributed by atoms with Crippen LogP contribution < -0.4 is 0 Å². The van der Waals surface area contributed by atoms with Gasteiger partial charge in [-0.1, -0.05) is 32.1 Å². The maximum atomic E-state index is 12.9. The predicted octanol–water partition coefficient (Wildman–Crippen LogP) is 5.17. The molecule has 1 amide bonds. The summed E-state index contributed by atoms with van der Waals surface area (Å²) < 4.78 is 7.85. The number of carbonyl (C=O) groups excluding carboxylic acids is 1. The van der Waals surface area contributed by atoms with Crippen molar-refractivity contribution in [3.05, 3.63) is 36.0 Å². The van der Waals surface area contributed by atoms with E-state index in [4.69, 9.17) is 9.84 Å². The van der Waals surface area contributed by atoms with Gasteiger partial charge in [0.25, 0.3) is 0 Å². The molecule has 2 aliphatic rings. The summed E-state index contributed by atoms with van der Waals surface area (Å²) in [5, 5.41) is 6.09. The van der Waals surface area contributed by atoms with Crippen molar-refractivity contribution >= 4 is 22.7 Å². The Hall–Kier alpha value is -2.34.